The number of amides is 1. The van der Waals surface area contributed by atoms with Gasteiger partial charge in [0.1, 0.15) is 11.5 Å². The number of aryl methyl sites for hydroxylation is 2. The highest BCUT2D eigenvalue weighted by atomic mass is 32.2. The summed E-state index contributed by atoms with van der Waals surface area (Å²) in [6.07, 6.45) is 3.21. The number of rotatable bonds is 7. The maximum Gasteiger partial charge on any atom is 0.230 e. The molecule has 0 bridgehead atoms. The maximum atomic E-state index is 12.5. The van der Waals surface area contributed by atoms with E-state index in [1.165, 1.54) is 11.1 Å². The summed E-state index contributed by atoms with van der Waals surface area (Å²) in [5.41, 5.74) is 4.40. The first kappa shape index (κ1) is 20.5. The highest BCUT2D eigenvalue weighted by Gasteiger charge is 2.21. The number of nitrogens with zero attached hydrogens (tertiary/aromatic N) is 1. The molecule has 30 heavy (non-hydrogen) atoms. The molecule has 1 aromatic heterocycles. The van der Waals surface area contributed by atoms with Crippen molar-refractivity contribution in [1.29, 1.82) is 0 Å². The normalized spacial score (nSPS) is 15.5. The second kappa shape index (κ2) is 9.39. The summed E-state index contributed by atoms with van der Waals surface area (Å²) in [4.78, 5) is 17.1. The summed E-state index contributed by atoms with van der Waals surface area (Å²) >= 11 is 1.56. The maximum absolute atomic E-state index is 12.5. The van der Waals surface area contributed by atoms with Gasteiger partial charge in [-0.3, -0.25) is 4.79 Å². The van der Waals surface area contributed by atoms with E-state index < -0.39 is 0 Å². The number of carbonyl (C=O) groups excluding carboxylic acids is 1. The van der Waals surface area contributed by atoms with Crippen molar-refractivity contribution < 1.29 is 13.9 Å². The summed E-state index contributed by atoms with van der Waals surface area (Å²) in [6.45, 7) is 1.91. The fraction of sp³-hybridized carbons (Fsp3) is 0.333. The van der Waals surface area contributed by atoms with Gasteiger partial charge < -0.3 is 14.5 Å². The van der Waals surface area contributed by atoms with E-state index in [2.05, 4.69) is 28.5 Å². The topological polar surface area (TPSA) is 64.4 Å². The van der Waals surface area contributed by atoms with E-state index in [4.69, 9.17) is 9.15 Å². The average Bonchev–Trinajstić information content (AvgIpc) is 3.14. The Labute approximate surface area is 181 Å². The van der Waals surface area contributed by atoms with Crippen LogP contribution in [0.5, 0.6) is 5.75 Å². The molecule has 1 N–H and O–H groups in total. The van der Waals surface area contributed by atoms with Crippen LogP contribution in [0, 0.1) is 6.92 Å². The van der Waals surface area contributed by atoms with Gasteiger partial charge in [0.15, 0.2) is 0 Å². The number of aromatic nitrogens is 1. The Hall–Kier alpha value is -2.73. The molecular formula is C24H26N2O3S. The molecule has 2 aromatic carbocycles. The number of thioether (sulfide) groups is 1. The highest BCUT2D eigenvalue weighted by molar-refractivity contribution is 7.99. The van der Waals surface area contributed by atoms with E-state index in [-0.39, 0.29) is 11.9 Å². The van der Waals surface area contributed by atoms with Crippen LogP contribution in [0.4, 0.5) is 0 Å². The monoisotopic (exact) mass is 422 g/mol. The van der Waals surface area contributed by atoms with Crippen LogP contribution in [0.3, 0.4) is 0 Å². The van der Waals surface area contributed by atoms with Gasteiger partial charge in [0.05, 0.1) is 24.6 Å². The van der Waals surface area contributed by atoms with Gasteiger partial charge in [-0.05, 0) is 61.6 Å². The number of benzene rings is 2. The second-order valence-electron chi connectivity index (χ2n) is 7.45. The number of carbonyl (C=O) groups is 1. The van der Waals surface area contributed by atoms with Crippen molar-refractivity contribution in [2.24, 2.45) is 0 Å². The number of nitrogens with one attached hydrogen (secondary N) is 1. The first-order valence-corrected chi connectivity index (χ1v) is 11.3. The van der Waals surface area contributed by atoms with Crippen molar-refractivity contribution in [2.45, 2.75) is 38.0 Å². The van der Waals surface area contributed by atoms with E-state index in [0.29, 0.717) is 17.4 Å². The minimum absolute atomic E-state index is 0.0678. The minimum atomic E-state index is 0.0678. The molecule has 1 aliphatic carbocycles. The van der Waals surface area contributed by atoms with E-state index in [1.807, 2.05) is 37.3 Å². The number of methoxy groups -OCH3 is 1. The Kier molecular flexibility index (Phi) is 6.43. The molecule has 0 aliphatic heterocycles. The van der Waals surface area contributed by atoms with E-state index in [0.717, 1.165) is 42.0 Å². The molecule has 0 unspecified atom stereocenters. The van der Waals surface area contributed by atoms with Gasteiger partial charge in [-0.25, -0.2) is 4.98 Å². The standard InChI is InChI=1S/C24H26N2O3S/c1-16-22(26-24(29-16)18-10-12-19(28-2)13-11-18)14-30-15-23(27)25-21-9-5-7-17-6-3-4-8-20(17)21/h3-4,6,8,10-13,21H,5,7,9,14-15H2,1-2H3,(H,25,27)/t21-/m1/s1. The molecule has 0 saturated carbocycles. The molecule has 156 valence electrons. The number of hydrogen-bond donors (Lipinski definition) is 1. The van der Waals surface area contributed by atoms with E-state index >= 15 is 0 Å². The average molecular weight is 423 g/mol. The predicted molar refractivity (Wildman–Crippen MR) is 120 cm³/mol. The van der Waals surface area contributed by atoms with Crippen LogP contribution >= 0.6 is 11.8 Å². The summed E-state index contributed by atoms with van der Waals surface area (Å²) in [5.74, 6) is 3.29. The molecule has 0 radical (unpaired) electrons. The quantitative estimate of drug-likeness (QED) is 0.575. The first-order valence-electron chi connectivity index (χ1n) is 10.2. The van der Waals surface area contributed by atoms with Gasteiger partial charge >= 0.3 is 0 Å². The van der Waals surface area contributed by atoms with Crippen molar-refractivity contribution in [3.05, 3.63) is 71.1 Å². The molecule has 6 heteroatoms. The van der Waals surface area contributed by atoms with Crippen molar-refractivity contribution in [3.63, 3.8) is 0 Å². The second-order valence-corrected chi connectivity index (χ2v) is 8.44. The van der Waals surface area contributed by atoms with Crippen molar-refractivity contribution in [2.75, 3.05) is 12.9 Å². The Balaban J connectivity index is 1.31. The van der Waals surface area contributed by atoms with Crippen LogP contribution in [0.25, 0.3) is 11.5 Å². The molecule has 3 aromatic rings. The summed E-state index contributed by atoms with van der Waals surface area (Å²) in [5, 5.41) is 3.20. The largest absolute Gasteiger partial charge is 0.497 e. The lowest BCUT2D eigenvalue weighted by Gasteiger charge is -2.26. The predicted octanol–water partition coefficient (Wildman–Crippen LogP) is 5.09. The lowest BCUT2D eigenvalue weighted by Crippen LogP contribution is -2.32. The molecule has 1 atom stereocenters. The first-order chi connectivity index (χ1) is 14.6. The number of ether oxygens (including phenoxy) is 1. The third-order valence-electron chi connectivity index (χ3n) is 5.41. The van der Waals surface area contributed by atoms with Gasteiger partial charge in [-0.1, -0.05) is 24.3 Å². The van der Waals surface area contributed by atoms with Crippen molar-refractivity contribution in [3.8, 4) is 17.2 Å². The molecule has 4 rings (SSSR count). The molecular weight excluding hydrogens is 396 g/mol. The van der Waals surface area contributed by atoms with Crippen LogP contribution in [0.15, 0.2) is 52.9 Å². The summed E-state index contributed by atoms with van der Waals surface area (Å²) < 4.78 is 11.0. The zero-order valence-electron chi connectivity index (χ0n) is 17.3. The molecule has 1 amide bonds. The molecule has 0 fully saturated rings. The molecule has 0 saturated heterocycles. The third kappa shape index (κ3) is 4.70. The van der Waals surface area contributed by atoms with Crippen LogP contribution in [0.2, 0.25) is 0 Å². The molecule has 1 heterocycles. The lowest BCUT2D eigenvalue weighted by molar-refractivity contribution is -0.119. The van der Waals surface area contributed by atoms with Crippen molar-refractivity contribution in [1.82, 2.24) is 10.3 Å². The Bertz CT molecular complexity index is 1010. The molecule has 1 aliphatic rings. The van der Waals surface area contributed by atoms with Crippen LogP contribution in [-0.4, -0.2) is 23.8 Å². The van der Waals surface area contributed by atoms with Gasteiger partial charge in [0.25, 0.3) is 0 Å². The van der Waals surface area contributed by atoms with Gasteiger partial charge in [-0.15, -0.1) is 11.8 Å². The Morgan fingerprint density at radius 1 is 1.23 bits per heavy atom. The Morgan fingerprint density at radius 3 is 2.83 bits per heavy atom. The van der Waals surface area contributed by atoms with Crippen LogP contribution < -0.4 is 10.1 Å². The Morgan fingerprint density at radius 2 is 2.03 bits per heavy atom. The van der Waals surface area contributed by atoms with E-state index in [1.54, 1.807) is 18.9 Å². The SMILES string of the molecule is COc1ccc(-c2nc(CSCC(=O)N[C@@H]3CCCc4ccccc43)c(C)o2)cc1. The number of fused-ring (bicyclic) bond motifs is 1. The fourth-order valence-electron chi connectivity index (χ4n) is 3.80. The van der Waals surface area contributed by atoms with Gasteiger partial charge in [0.2, 0.25) is 11.8 Å². The number of oxazole rings is 1. The zero-order valence-corrected chi connectivity index (χ0v) is 18.1. The number of hydrogen-bond acceptors (Lipinski definition) is 5. The summed E-state index contributed by atoms with van der Waals surface area (Å²) in [7, 11) is 1.64. The smallest absolute Gasteiger partial charge is 0.230 e. The zero-order chi connectivity index (χ0) is 20.9. The fourth-order valence-corrected chi connectivity index (χ4v) is 4.63. The molecule has 0 spiro atoms. The highest BCUT2D eigenvalue weighted by Crippen LogP contribution is 2.30. The van der Waals surface area contributed by atoms with Crippen LogP contribution in [-0.2, 0) is 17.0 Å². The third-order valence-corrected chi connectivity index (χ3v) is 6.35. The van der Waals surface area contributed by atoms with Gasteiger partial charge in [0, 0.05) is 11.3 Å². The van der Waals surface area contributed by atoms with Crippen LogP contribution in [0.1, 0.15) is 41.5 Å². The van der Waals surface area contributed by atoms with Gasteiger partial charge in [-0.2, -0.15) is 0 Å². The van der Waals surface area contributed by atoms with Crippen molar-refractivity contribution >= 4 is 17.7 Å². The lowest BCUT2D eigenvalue weighted by atomic mass is 9.88. The molecule has 5 nitrogen and oxygen atoms in total. The van der Waals surface area contributed by atoms with E-state index in [9.17, 15) is 4.79 Å². The summed E-state index contributed by atoms with van der Waals surface area (Å²) in [6, 6.07) is 16.2. The minimum Gasteiger partial charge on any atom is -0.497 e.